The number of hydrogen-bond acceptors (Lipinski definition) is 7. The number of rotatable bonds is 7. The molecule has 0 aliphatic carbocycles. The van der Waals surface area contributed by atoms with E-state index in [0.29, 0.717) is 11.3 Å². The van der Waals surface area contributed by atoms with Gasteiger partial charge in [0, 0.05) is 18.5 Å². The second kappa shape index (κ2) is 10.6. The summed E-state index contributed by atoms with van der Waals surface area (Å²) in [6, 6.07) is 12.7. The Morgan fingerprint density at radius 1 is 1.12 bits per heavy atom. The fraction of sp³-hybridized carbons (Fsp3) is 0.480. The second-order valence-electron chi connectivity index (χ2n) is 8.79. The Bertz CT molecular complexity index is 964. The summed E-state index contributed by atoms with van der Waals surface area (Å²) in [4.78, 5) is 11.9. The highest BCUT2D eigenvalue weighted by Crippen LogP contribution is 2.33. The quantitative estimate of drug-likeness (QED) is 0.424. The maximum Gasteiger partial charge on any atom is 0.251 e. The van der Waals surface area contributed by atoms with Gasteiger partial charge in [-0.1, -0.05) is 32.0 Å². The highest BCUT2D eigenvalue weighted by atomic mass is 16.7. The van der Waals surface area contributed by atoms with Gasteiger partial charge >= 0.3 is 0 Å². The molecule has 5 N–H and O–H groups in total. The van der Waals surface area contributed by atoms with Crippen molar-refractivity contribution in [2.75, 3.05) is 13.7 Å². The van der Waals surface area contributed by atoms with Crippen LogP contribution in [0.2, 0.25) is 0 Å². The van der Waals surface area contributed by atoms with Crippen molar-refractivity contribution in [1.82, 2.24) is 5.32 Å². The summed E-state index contributed by atoms with van der Waals surface area (Å²) in [5.41, 5.74) is 3.05. The van der Waals surface area contributed by atoms with E-state index in [9.17, 15) is 25.2 Å². The molecule has 1 aliphatic rings. The summed E-state index contributed by atoms with van der Waals surface area (Å²) < 4.78 is 11.7. The Morgan fingerprint density at radius 3 is 2.42 bits per heavy atom. The number of aryl methyl sites for hydroxylation is 1. The molecule has 33 heavy (non-hydrogen) atoms. The van der Waals surface area contributed by atoms with Gasteiger partial charge in [-0.25, -0.2) is 0 Å². The Hall–Kier alpha value is -2.49. The first-order valence-electron chi connectivity index (χ1n) is 11.1. The number of ether oxygens (including phenoxy) is 2. The summed E-state index contributed by atoms with van der Waals surface area (Å²) in [5, 5.41) is 43.9. The highest BCUT2D eigenvalue weighted by Gasteiger charge is 2.48. The Balaban J connectivity index is 1.82. The number of benzene rings is 2. The number of hydrogen-bond donors (Lipinski definition) is 5. The van der Waals surface area contributed by atoms with Crippen LogP contribution in [-0.4, -0.2) is 70.7 Å². The lowest BCUT2D eigenvalue weighted by atomic mass is 9.84. The lowest BCUT2D eigenvalue weighted by Crippen LogP contribution is -2.60. The molecule has 2 aromatic rings. The summed E-state index contributed by atoms with van der Waals surface area (Å²) in [7, 11) is 1.58. The van der Waals surface area contributed by atoms with Crippen LogP contribution in [0.3, 0.4) is 0 Å². The molecule has 1 aliphatic heterocycles. The van der Waals surface area contributed by atoms with E-state index < -0.39 is 43.2 Å². The summed E-state index contributed by atoms with van der Waals surface area (Å²) in [6.07, 6.45) is -5.79. The van der Waals surface area contributed by atoms with Crippen LogP contribution in [0, 0.1) is 18.8 Å². The van der Waals surface area contributed by atoms with Gasteiger partial charge < -0.3 is 35.2 Å². The number of aliphatic hydroxyl groups excluding tert-OH is 4. The Labute approximate surface area is 193 Å². The molecule has 0 saturated carbocycles. The molecule has 180 valence electrons. The second-order valence-corrected chi connectivity index (χ2v) is 8.79. The molecular weight excluding hydrogens is 426 g/mol. The highest BCUT2D eigenvalue weighted by molar-refractivity contribution is 5.95. The standard InChI is InChI=1S/C25H33NO7/c1-13(2)20(28)23-18(12-27)21(29)22(30)25(33-23)32-19-9-8-16(10-14(19)3)15-6-5-7-17(11-15)24(31)26-4/h5-11,13,18,20-23,25,27-30H,12H2,1-4H3,(H,26,31)/t18-,20?,21-,22-,23-,25-/m0/s1. The smallest absolute Gasteiger partial charge is 0.251 e. The van der Waals surface area contributed by atoms with E-state index in [2.05, 4.69) is 5.32 Å². The van der Waals surface area contributed by atoms with E-state index >= 15 is 0 Å². The van der Waals surface area contributed by atoms with Crippen LogP contribution >= 0.6 is 0 Å². The molecule has 6 atom stereocenters. The third-order valence-corrected chi connectivity index (χ3v) is 6.11. The number of carbonyl (C=O) groups is 1. The maximum atomic E-state index is 11.9. The van der Waals surface area contributed by atoms with Crippen LogP contribution in [0.1, 0.15) is 29.8 Å². The van der Waals surface area contributed by atoms with Crippen molar-refractivity contribution in [3.63, 3.8) is 0 Å². The first kappa shape index (κ1) is 25.1. The molecule has 0 radical (unpaired) electrons. The van der Waals surface area contributed by atoms with E-state index in [1.165, 1.54) is 0 Å². The van der Waals surface area contributed by atoms with Gasteiger partial charge in [0.05, 0.1) is 24.9 Å². The molecule has 1 amide bonds. The van der Waals surface area contributed by atoms with Gasteiger partial charge in [-0.05, 0) is 53.8 Å². The number of amides is 1. The van der Waals surface area contributed by atoms with Crippen LogP contribution in [0.25, 0.3) is 11.1 Å². The predicted octanol–water partition coefficient (Wildman–Crippen LogP) is 1.47. The van der Waals surface area contributed by atoms with Crippen LogP contribution in [0.15, 0.2) is 42.5 Å². The van der Waals surface area contributed by atoms with E-state index in [1.54, 1.807) is 39.1 Å². The normalized spacial score (nSPS) is 26.2. The average Bonchev–Trinajstić information content (AvgIpc) is 2.81. The number of carbonyl (C=O) groups excluding carboxylic acids is 1. The van der Waals surface area contributed by atoms with Crippen molar-refractivity contribution in [1.29, 1.82) is 0 Å². The molecule has 3 rings (SSSR count). The number of nitrogens with one attached hydrogen (secondary N) is 1. The monoisotopic (exact) mass is 459 g/mol. The Morgan fingerprint density at radius 2 is 1.82 bits per heavy atom. The zero-order valence-electron chi connectivity index (χ0n) is 19.3. The third kappa shape index (κ3) is 5.37. The van der Waals surface area contributed by atoms with Crippen molar-refractivity contribution in [2.24, 2.45) is 11.8 Å². The van der Waals surface area contributed by atoms with Crippen LogP contribution in [0.4, 0.5) is 0 Å². The lowest BCUT2D eigenvalue weighted by Gasteiger charge is -2.44. The molecular formula is C25H33NO7. The van der Waals surface area contributed by atoms with E-state index in [1.807, 2.05) is 31.2 Å². The zero-order valence-corrected chi connectivity index (χ0v) is 19.3. The molecule has 1 unspecified atom stereocenters. The van der Waals surface area contributed by atoms with Crippen molar-refractivity contribution in [3.8, 4) is 16.9 Å². The average molecular weight is 460 g/mol. The predicted molar refractivity (Wildman–Crippen MR) is 123 cm³/mol. The largest absolute Gasteiger partial charge is 0.462 e. The Kier molecular flexibility index (Phi) is 8.10. The van der Waals surface area contributed by atoms with E-state index in [-0.39, 0.29) is 11.8 Å². The van der Waals surface area contributed by atoms with Gasteiger partial charge in [0.15, 0.2) is 0 Å². The van der Waals surface area contributed by atoms with Crippen LogP contribution in [0.5, 0.6) is 5.75 Å². The molecule has 1 heterocycles. The first-order valence-corrected chi connectivity index (χ1v) is 11.1. The summed E-state index contributed by atoms with van der Waals surface area (Å²) in [6.45, 7) is 5.00. The minimum atomic E-state index is -1.40. The number of aliphatic hydroxyl groups is 4. The fourth-order valence-corrected chi connectivity index (χ4v) is 4.04. The van der Waals surface area contributed by atoms with Gasteiger partial charge in [0.25, 0.3) is 5.91 Å². The fourth-order valence-electron chi connectivity index (χ4n) is 4.04. The maximum absolute atomic E-state index is 11.9. The molecule has 0 spiro atoms. The molecule has 8 nitrogen and oxygen atoms in total. The minimum Gasteiger partial charge on any atom is -0.462 e. The third-order valence-electron chi connectivity index (χ3n) is 6.11. The SMILES string of the molecule is CNC(=O)c1cccc(-c2ccc(O[C@H]3O[C@H](C(O)C(C)C)[C@@H](CO)[C@H](O)[C@@H]3O)c(C)c2)c1. The lowest BCUT2D eigenvalue weighted by molar-refractivity contribution is -0.282. The van der Waals surface area contributed by atoms with Gasteiger partial charge in [0.1, 0.15) is 11.9 Å². The zero-order chi connectivity index (χ0) is 24.3. The van der Waals surface area contributed by atoms with E-state index in [0.717, 1.165) is 16.7 Å². The van der Waals surface area contributed by atoms with Crippen molar-refractivity contribution in [3.05, 3.63) is 53.6 Å². The topological polar surface area (TPSA) is 128 Å². The van der Waals surface area contributed by atoms with E-state index in [4.69, 9.17) is 9.47 Å². The molecule has 1 saturated heterocycles. The van der Waals surface area contributed by atoms with Gasteiger partial charge in [0.2, 0.25) is 6.29 Å². The first-order chi connectivity index (χ1) is 15.7. The molecule has 0 bridgehead atoms. The molecule has 0 aromatic heterocycles. The van der Waals surface area contributed by atoms with Gasteiger partial charge in [-0.3, -0.25) is 4.79 Å². The minimum absolute atomic E-state index is 0.171. The van der Waals surface area contributed by atoms with Crippen LogP contribution in [-0.2, 0) is 4.74 Å². The molecule has 1 fully saturated rings. The molecule has 8 heteroatoms. The van der Waals surface area contributed by atoms with Crippen molar-refractivity contribution in [2.45, 2.75) is 51.5 Å². The van der Waals surface area contributed by atoms with Crippen molar-refractivity contribution >= 4 is 5.91 Å². The van der Waals surface area contributed by atoms with Crippen LogP contribution < -0.4 is 10.1 Å². The van der Waals surface area contributed by atoms with Gasteiger partial charge in [-0.15, -0.1) is 0 Å². The van der Waals surface area contributed by atoms with Crippen molar-refractivity contribution < 1.29 is 34.7 Å². The van der Waals surface area contributed by atoms with Gasteiger partial charge in [-0.2, -0.15) is 0 Å². The molecule has 2 aromatic carbocycles. The summed E-state index contributed by atoms with van der Waals surface area (Å²) >= 11 is 0. The summed E-state index contributed by atoms with van der Waals surface area (Å²) in [5.74, 6) is -0.750.